The van der Waals surface area contributed by atoms with Crippen molar-refractivity contribution < 1.29 is 17.9 Å². The van der Waals surface area contributed by atoms with Gasteiger partial charge in [-0.3, -0.25) is 0 Å². The van der Waals surface area contributed by atoms with Crippen LogP contribution in [0.5, 0.6) is 0 Å². The Kier molecular flexibility index (Phi) is 1.36. The molecule has 0 atom stereocenters. The van der Waals surface area contributed by atoms with Gasteiger partial charge in [0.1, 0.15) is 0 Å². The van der Waals surface area contributed by atoms with E-state index in [4.69, 9.17) is 0 Å². The van der Waals surface area contributed by atoms with Crippen molar-refractivity contribution in [3.63, 3.8) is 0 Å². The van der Waals surface area contributed by atoms with E-state index in [1.165, 1.54) is 0 Å². The molecule has 1 fully saturated rings. The summed E-state index contributed by atoms with van der Waals surface area (Å²) in [5.74, 6) is -0.492. The standard InChI is InChI=1S/C2H2N2O3S/c5-2-1-4(8-6)3-7-2/h1H2. The van der Waals surface area contributed by atoms with Crippen LogP contribution in [0.25, 0.3) is 5.59 Å². The first kappa shape index (κ1) is 5.39. The van der Waals surface area contributed by atoms with E-state index in [-0.39, 0.29) is 18.0 Å². The van der Waals surface area contributed by atoms with Crippen LogP contribution in [-0.4, -0.2) is 20.8 Å². The molecule has 8 heavy (non-hydrogen) atoms. The molecule has 0 unspecified atom stereocenters. The van der Waals surface area contributed by atoms with Gasteiger partial charge in [0.05, 0.1) is 0 Å². The smallest absolute Gasteiger partial charge is 0.372 e. The Balaban J connectivity index is 2.70. The second-order valence-corrected chi connectivity index (χ2v) is 1.70. The van der Waals surface area contributed by atoms with E-state index in [0.717, 1.165) is 4.05 Å². The van der Waals surface area contributed by atoms with Crippen LogP contribution in [-0.2, 0) is 21.1 Å². The lowest BCUT2D eigenvalue weighted by molar-refractivity contribution is -0.441. The van der Waals surface area contributed by atoms with Crippen LogP contribution in [0, 0.1) is 0 Å². The molecule has 0 saturated carbocycles. The first-order valence-corrected chi connectivity index (χ1v) is 2.51. The number of rotatable bonds is 0. The number of hydrogen-bond donors (Lipinski definition) is 0. The van der Waals surface area contributed by atoms with Gasteiger partial charge in [-0.2, -0.15) is 9.64 Å². The van der Waals surface area contributed by atoms with Gasteiger partial charge in [0.15, 0.2) is 0 Å². The molecule has 1 saturated heterocycles. The molecule has 44 valence electrons. The zero-order chi connectivity index (χ0) is 5.98. The predicted octanol–water partition coefficient (Wildman–Crippen LogP) is -0.844. The van der Waals surface area contributed by atoms with Gasteiger partial charge in [-0.1, -0.05) is 0 Å². The Morgan fingerprint density at radius 2 is 2.62 bits per heavy atom. The van der Waals surface area contributed by atoms with Gasteiger partial charge in [-0.05, 0) is 0 Å². The summed E-state index contributed by atoms with van der Waals surface area (Å²) in [6.07, 6.45) is 0. The van der Waals surface area contributed by atoms with Crippen molar-refractivity contribution in [2.45, 2.75) is 0 Å². The van der Waals surface area contributed by atoms with E-state index < -0.39 is 5.97 Å². The number of nitrogens with zero attached hydrogens (tertiary/aromatic N) is 2. The summed E-state index contributed by atoms with van der Waals surface area (Å²) in [7, 11) is 0. The highest BCUT2D eigenvalue weighted by Gasteiger charge is 2.14. The Labute approximate surface area is 48.4 Å². The van der Waals surface area contributed by atoms with Crippen molar-refractivity contribution in [2.24, 2.45) is 0 Å². The largest absolute Gasteiger partial charge is 0.498 e. The second-order valence-electron chi connectivity index (χ2n) is 1.13. The molecular formula is C2H2N2O3S. The molecule has 1 aliphatic rings. The maximum atomic E-state index is 10.1. The SMILES string of the molecule is O=S=[N+]1CC(=O)O[N-]1. The molecule has 0 radical (unpaired) electrons. The number of carbonyl (C=O) groups is 1. The lowest BCUT2D eigenvalue weighted by Crippen LogP contribution is -2.01. The van der Waals surface area contributed by atoms with E-state index >= 15 is 0 Å². The van der Waals surface area contributed by atoms with Gasteiger partial charge >= 0.3 is 17.4 Å². The molecule has 5 nitrogen and oxygen atoms in total. The minimum Gasteiger partial charge on any atom is -0.498 e. The van der Waals surface area contributed by atoms with Crippen molar-refractivity contribution in [3.05, 3.63) is 5.59 Å². The van der Waals surface area contributed by atoms with Crippen molar-refractivity contribution in [1.82, 2.24) is 0 Å². The molecule has 0 amide bonds. The molecule has 0 aromatic rings. The summed E-state index contributed by atoms with van der Waals surface area (Å²) in [5, 5.41) is 0. The molecular weight excluding hydrogens is 132 g/mol. The monoisotopic (exact) mass is 134 g/mol. The van der Waals surface area contributed by atoms with Gasteiger partial charge < -0.3 is 4.84 Å². The minimum absolute atomic E-state index is 0.0475. The predicted molar refractivity (Wildman–Crippen MR) is 22.7 cm³/mol. The molecule has 0 spiro atoms. The molecule has 1 aliphatic heterocycles. The van der Waals surface area contributed by atoms with Gasteiger partial charge in [-0.25, -0.2) is 4.79 Å². The first-order valence-electron chi connectivity index (χ1n) is 1.81. The van der Waals surface area contributed by atoms with E-state index in [2.05, 4.69) is 10.4 Å². The molecule has 6 heteroatoms. The Morgan fingerprint density at radius 1 is 1.88 bits per heavy atom. The van der Waals surface area contributed by atoms with Gasteiger partial charge in [0.2, 0.25) is 6.54 Å². The normalized spacial score (nSPS) is 18.5. The van der Waals surface area contributed by atoms with Crippen molar-refractivity contribution >= 4 is 17.4 Å². The first-order chi connectivity index (χ1) is 3.83. The number of carbonyl (C=O) groups excluding carboxylic acids is 1. The summed E-state index contributed by atoms with van der Waals surface area (Å²) in [5.41, 5.74) is 3.07. The quantitative estimate of drug-likeness (QED) is 0.406. The van der Waals surface area contributed by atoms with Gasteiger partial charge in [0, 0.05) is 0 Å². The summed E-state index contributed by atoms with van der Waals surface area (Å²) in [6, 6.07) is 0. The summed E-state index contributed by atoms with van der Waals surface area (Å²) in [4.78, 5) is 14.2. The maximum absolute atomic E-state index is 10.1. The molecule has 1 heterocycles. The highest BCUT2D eigenvalue weighted by atomic mass is 32.1. The lowest BCUT2D eigenvalue weighted by Gasteiger charge is -1.93. The fourth-order valence-corrected chi connectivity index (χ4v) is 0.518. The zero-order valence-electron chi connectivity index (χ0n) is 3.73. The molecule has 0 N–H and O–H groups in total. The van der Waals surface area contributed by atoms with Crippen LogP contribution in [0.2, 0.25) is 0 Å². The Hall–Kier alpha value is -0.750. The third-order valence-electron chi connectivity index (χ3n) is 0.584. The van der Waals surface area contributed by atoms with Crippen molar-refractivity contribution in [1.29, 1.82) is 0 Å². The molecule has 0 aromatic carbocycles. The molecule has 0 aliphatic carbocycles. The molecule has 0 aromatic heterocycles. The van der Waals surface area contributed by atoms with Crippen LogP contribution in [0.4, 0.5) is 0 Å². The Morgan fingerprint density at radius 3 is 2.88 bits per heavy atom. The van der Waals surface area contributed by atoms with Crippen molar-refractivity contribution in [2.75, 3.05) is 6.54 Å². The fourth-order valence-electron chi connectivity index (χ4n) is 0.299. The van der Waals surface area contributed by atoms with Crippen LogP contribution in [0.15, 0.2) is 0 Å². The van der Waals surface area contributed by atoms with Crippen molar-refractivity contribution in [3.8, 4) is 0 Å². The topological polar surface area (TPSA) is 60.5 Å². The molecule has 0 bridgehead atoms. The molecule has 1 rings (SSSR count). The highest BCUT2D eigenvalue weighted by molar-refractivity contribution is 7.51. The van der Waals surface area contributed by atoms with Crippen LogP contribution < -0.4 is 0 Å². The number of hydrogen-bond acceptors (Lipinski definition) is 3. The second kappa shape index (κ2) is 2.01. The van der Waals surface area contributed by atoms with Gasteiger partial charge in [-0.15, -0.1) is 4.21 Å². The van der Waals surface area contributed by atoms with E-state index in [0.29, 0.717) is 0 Å². The van der Waals surface area contributed by atoms with Crippen LogP contribution in [0.1, 0.15) is 0 Å². The zero-order valence-corrected chi connectivity index (χ0v) is 4.55. The highest BCUT2D eigenvalue weighted by Crippen LogP contribution is 2.00. The lowest BCUT2D eigenvalue weighted by atomic mass is 10.7. The maximum Gasteiger partial charge on any atom is 0.372 e. The minimum atomic E-state index is -0.492. The van der Waals surface area contributed by atoms with Gasteiger partial charge in [0.25, 0.3) is 0 Å². The van der Waals surface area contributed by atoms with E-state index in [9.17, 15) is 9.00 Å². The summed E-state index contributed by atoms with van der Waals surface area (Å²) < 4.78 is 10.7. The van der Waals surface area contributed by atoms with E-state index in [1.54, 1.807) is 0 Å². The summed E-state index contributed by atoms with van der Waals surface area (Å²) in [6.45, 7) is -0.0475. The van der Waals surface area contributed by atoms with Crippen LogP contribution >= 0.6 is 0 Å². The average Bonchev–Trinajstić information content (AvgIpc) is 2.14. The van der Waals surface area contributed by atoms with Crippen LogP contribution in [0.3, 0.4) is 0 Å². The summed E-state index contributed by atoms with van der Waals surface area (Å²) >= 11 is 0.107. The average molecular weight is 134 g/mol. The fraction of sp³-hybridized carbons (Fsp3) is 0.500. The third kappa shape index (κ3) is 0.903. The van der Waals surface area contributed by atoms with E-state index in [1.807, 2.05) is 0 Å². The third-order valence-corrected chi connectivity index (χ3v) is 0.952. The Bertz CT molecular complexity index is 172.